The van der Waals surface area contributed by atoms with E-state index >= 15 is 0 Å². The average molecular weight is 263 g/mol. The molecule has 19 heavy (non-hydrogen) atoms. The van der Waals surface area contributed by atoms with Crippen LogP contribution in [-0.4, -0.2) is 18.2 Å². The van der Waals surface area contributed by atoms with Crippen LogP contribution in [0.25, 0.3) is 0 Å². The minimum atomic E-state index is -0.553. The van der Waals surface area contributed by atoms with Crippen LogP contribution in [0, 0.1) is 18.7 Å². The lowest BCUT2D eigenvalue weighted by molar-refractivity contribution is -0.133. The molecule has 1 fully saturated rings. The predicted molar refractivity (Wildman–Crippen MR) is 71.5 cm³/mol. The molecule has 102 valence electrons. The molecule has 1 aromatic rings. The van der Waals surface area contributed by atoms with Crippen molar-refractivity contribution in [2.45, 2.75) is 33.1 Å². The molecule has 1 amide bonds. The molecule has 0 spiro atoms. The Morgan fingerprint density at radius 2 is 2.16 bits per heavy atom. The van der Waals surface area contributed by atoms with Crippen LogP contribution >= 0.6 is 0 Å². The number of halogens is 1. The molecule has 1 saturated heterocycles. The molecule has 0 saturated carbocycles. The summed E-state index contributed by atoms with van der Waals surface area (Å²) in [6.45, 7) is 4.10. The average Bonchev–Trinajstić information content (AvgIpc) is 2.37. The van der Waals surface area contributed by atoms with Gasteiger partial charge in [0.25, 0.3) is 0 Å². The second kappa shape index (κ2) is 5.51. The van der Waals surface area contributed by atoms with Crippen molar-refractivity contribution >= 4 is 17.4 Å². The quantitative estimate of drug-likeness (QED) is 0.786. The smallest absolute Gasteiger partial charge is 0.237 e. The van der Waals surface area contributed by atoms with E-state index in [-0.39, 0.29) is 17.5 Å². The molecule has 1 aliphatic heterocycles. The van der Waals surface area contributed by atoms with Crippen LogP contribution < -0.4 is 4.90 Å². The molecule has 0 aliphatic carbocycles. The first-order valence-corrected chi connectivity index (χ1v) is 6.64. The molecule has 1 heterocycles. The van der Waals surface area contributed by atoms with E-state index in [1.165, 1.54) is 17.0 Å². The Bertz CT molecular complexity index is 493. The maximum Gasteiger partial charge on any atom is 0.237 e. The van der Waals surface area contributed by atoms with Gasteiger partial charge in [0, 0.05) is 18.7 Å². The van der Waals surface area contributed by atoms with Crippen LogP contribution in [0.4, 0.5) is 10.1 Å². The number of hydrogen-bond acceptors (Lipinski definition) is 2. The number of amides is 1. The Labute approximate surface area is 112 Å². The van der Waals surface area contributed by atoms with Crippen molar-refractivity contribution in [2.24, 2.45) is 5.92 Å². The third-order valence-electron chi connectivity index (χ3n) is 3.51. The Kier molecular flexibility index (Phi) is 3.98. The van der Waals surface area contributed by atoms with E-state index in [9.17, 15) is 14.0 Å². The first-order valence-electron chi connectivity index (χ1n) is 6.64. The molecule has 3 nitrogen and oxygen atoms in total. The normalized spacial score (nSPS) is 19.6. The van der Waals surface area contributed by atoms with Crippen molar-refractivity contribution in [2.75, 3.05) is 11.4 Å². The summed E-state index contributed by atoms with van der Waals surface area (Å²) in [5.74, 6) is -1.13. The van der Waals surface area contributed by atoms with Gasteiger partial charge in [-0.1, -0.05) is 6.92 Å². The monoisotopic (exact) mass is 263 g/mol. The molecule has 0 aromatic heterocycles. The Morgan fingerprint density at radius 3 is 2.79 bits per heavy atom. The van der Waals surface area contributed by atoms with Crippen LogP contribution in [0.2, 0.25) is 0 Å². The summed E-state index contributed by atoms with van der Waals surface area (Å²) in [6, 6.07) is 4.55. The molecule has 0 unspecified atom stereocenters. The van der Waals surface area contributed by atoms with Crippen molar-refractivity contribution in [1.82, 2.24) is 0 Å². The highest BCUT2D eigenvalue weighted by Crippen LogP contribution is 2.27. The zero-order valence-corrected chi connectivity index (χ0v) is 11.3. The number of nitrogens with zero attached hydrogens (tertiary/aromatic N) is 1. The minimum Gasteiger partial charge on any atom is -0.312 e. The SMILES string of the molecule is CCC(=O)[C@H]1CCCN(c2cc(C)cc(F)c2)C1=O. The third-order valence-corrected chi connectivity index (χ3v) is 3.51. The zero-order chi connectivity index (χ0) is 14.0. The number of anilines is 1. The second-order valence-corrected chi connectivity index (χ2v) is 4.99. The Hall–Kier alpha value is -1.71. The maximum absolute atomic E-state index is 13.4. The summed E-state index contributed by atoms with van der Waals surface area (Å²) in [5, 5.41) is 0. The van der Waals surface area contributed by atoms with Gasteiger partial charge >= 0.3 is 0 Å². The third kappa shape index (κ3) is 2.83. The van der Waals surface area contributed by atoms with Crippen molar-refractivity contribution in [3.63, 3.8) is 0 Å². The van der Waals surface area contributed by atoms with Crippen molar-refractivity contribution < 1.29 is 14.0 Å². The molecule has 1 aliphatic rings. The van der Waals surface area contributed by atoms with Gasteiger partial charge < -0.3 is 4.90 Å². The van der Waals surface area contributed by atoms with Gasteiger partial charge in [-0.25, -0.2) is 4.39 Å². The molecule has 1 atom stereocenters. The summed E-state index contributed by atoms with van der Waals surface area (Å²) in [7, 11) is 0. The molecule has 1 aromatic carbocycles. The van der Waals surface area contributed by atoms with Gasteiger partial charge in [-0.05, 0) is 43.5 Å². The van der Waals surface area contributed by atoms with Crippen LogP contribution in [0.3, 0.4) is 0 Å². The summed E-state index contributed by atoms with van der Waals surface area (Å²) < 4.78 is 13.4. The van der Waals surface area contributed by atoms with Gasteiger partial charge in [0.05, 0.1) is 5.92 Å². The number of carbonyl (C=O) groups is 2. The lowest BCUT2D eigenvalue weighted by Crippen LogP contribution is -2.44. The number of ketones is 1. The number of benzene rings is 1. The van der Waals surface area contributed by atoms with E-state index in [2.05, 4.69) is 0 Å². The summed E-state index contributed by atoms with van der Waals surface area (Å²) in [5.41, 5.74) is 1.32. The molecular formula is C15H18FNO2. The van der Waals surface area contributed by atoms with Crippen molar-refractivity contribution in [3.05, 3.63) is 29.6 Å². The van der Waals surface area contributed by atoms with E-state index in [1.807, 2.05) is 0 Å². The number of piperidine rings is 1. The fourth-order valence-corrected chi connectivity index (χ4v) is 2.55. The molecule has 0 N–H and O–H groups in total. The molecule has 2 rings (SSSR count). The lowest BCUT2D eigenvalue weighted by atomic mass is 9.91. The van der Waals surface area contributed by atoms with Crippen molar-refractivity contribution in [1.29, 1.82) is 0 Å². The molecular weight excluding hydrogens is 245 g/mol. The van der Waals surface area contributed by atoms with Crippen molar-refractivity contribution in [3.8, 4) is 0 Å². The Morgan fingerprint density at radius 1 is 1.42 bits per heavy atom. The first-order chi connectivity index (χ1) is 9.02. The highest BCUT2D eigenvalue weighted by molar-refractivity contribution is 6.08. The number of Topliss-reactive ketones (excluding diaryl/α,β-unsaturated/α-hetero) is 1. The zero-order valence-electron chi connectivity index (χ0n) is 11.3. The predicted octanol–water partition coefficient (Wildman–Crippen LogP) is 2.86. The van der Waals surface area contributed by atoms with Gasteiger partial charge in [-0.3, -0.25) is 9.59 Å². The summed E-state index contributed by atoms with van der Waals surface area (Å²) >= 11 is 0. The maximum atomic E-state index is 13.4. The van der Waals surface area contributed by atoms with Crippen LogP contribution in [-0.2, 0) is 9.59 Å². The highest BCUT2D eigenvalue weighted by Gasteiger charge is 2.33. The van der Waals surface area contributed by atoms with E-state index < -0.39 is 5.92 Å². The number of hydrogen-bond donors (Lipinski definition) is 0. The standard InChI is InChI=1S/C15H18FNO2/c1-3-14(18)13-5-4-6-17(15(13)19)12-8-10(2)7-11(16)9-12/h7-9,13H,3-6H2,1-2H3/t13-/m1/s1. The van der Waals surface area contributed by atoms with Gasteiger partial charge in [0.15, 0.2) is 0 Å². The minimum absolute atomic E-state index is 0.0252. The van der Waals surface area contributed by atoms with Gasteiger partial charge in [-0.2, -0.15) is 0 Å². The second-order valence-electron chi connectivity index (χ2n) is 4.99. The number of aryl methyl sites for hydroxylation is 1. The number of carbonyl (C=O) groups excluding carboxylic acids is 2. The number of rotatable bonds is 3. The van der Waals surface area contributed by atoms with E-state index in [1.54, 1.807) is 19.9 Å². The fraction of sp³-hybridized carbons (Fsp3) is 0.467. The van der Waals surface area contributed by atoms with E-state index in [4.69, 9.17) is 0 Å². The topological polar surface area (TPSA) is 37.4 Å². The fourth-order valence-electron chi connectivity index (χ4n) is 2.55. The lowest BCUT2D eigenvalue weighted by Gasteiger charge is -2.31. The van der Waals surface area contributed by atoms with E-state index in [0.29, 0.717) is 25.1 Å². The van der Waals surface area contributed by atoms with E-state index in [0.717, 1.165) is 12.0 Å². The first kappa shape index (κ1) is 13.7. The largest absolute Gasteiger partial charge is 0.312 e. The molecule has 0 radical (unpaired) electrons. The van der Waals surface area contributed by atoms with Crippen LogP contribution in [0.15, 0.2) is 18.2 Å². The molecule has 4 heteroatoms. The summed E-state index contributed by atoms with van der Waals surface area (Å²) in [6.07, 6.45) is 1.75. The van der Waals surface area contributed by atoms with Gasteiger partial charge in [-0.15, -0.1) is 0 Å². The van der Waals surface area contributed by atoms with Gasteiger partial charge in [0.1, 0.15) is 11.6 Å². The van der Waals surface area contributed by atoms with Gasteiger partial charge in [0.2, 0.25) is 5.91 Å². The summed E-state index contributed by atoms with van der Waals surface area (Å²) in [4.78, 5) is 25.6. The molecule has 0 bridgehead atoms. The van der Waals surface area contributed by atoms with Crippen LogP contribution in [0.5, 0.6) is 0 Å². The Balaban J connectivity index is 2.29. The highest BCUT2D eigenvalue weighted by atomic mass is 19.1. The van der Waals surface area contributed by atoms with Crippen LogP contribution in [0.1, 0.15) is 31.7 Å².